The van der Waals surface area contributed by atoms with E-state index in [0.717, 1.165) is 4.88 Å². The molecule has 0 aliphatic rings. The van der Waals surface area contributed by atoms with Gasteiger partial charge in [-0.1, -0.05) is 26.0 Å². The summed E-state index contributed by atoms with van der Waals surface area (Å²) in [5, 5.41) is 5.07. The number of nitrogen functional groups attached to an aromatic ring is 1. The second-order valence-electron chi connectivity index (χ2n) is 5.14. The molecule has 0 saturated carbocycles. The number of thiophene rings is 1. The van der Waals surface area contributed by atoms with Crippen molar-refractivity contribution in [3.63, 3.8) is 0 Å². The highest BCUT2D eigenvalue weighted by molar-refractivity contribution is 7.10. The number of hydrogen-bond acceptors (Lipinski definition) is 4. The van der Waals surface area contributed by atoms with E-state index in [1.807, 2.05) is 17.5 Å². The molecule has 1 amide bonds. The number of hydrogen-bond donors (Lipinski definition) is 2. The first-order valence-corrected chi connectivity index (χ1v) is 7.69. The van der Waals surface area contributed by atoms with Crippen LogP contribution >= 0.6 is 11.3 Å². The number of ether oxygens (including phenoxy) is 1. The first kappa shape index (κ1) is 15.4. The molecule has 1 aromatic carbocycles. The van der Waals surface area contributed by atoms with E-state index in [1.165, 1.54) is 7.11 Å². The van der Waals surface area contributed by atoms with E-state index in [4.69, 9.17) is 10.5 Å². The molecule has 1 aromatic heterocycles. The van der Waals surface area contributed by atoms with E-state index in [2.05, 4.69) is 19.2 Å². The molecule has 1 unspecified atom stereocenters. The summed E-state index contributed by atoms with van der Waals surface area (Å²) < 4.78 is 5.24. The van der Waals surface area contributed by atoms with Crippen LogP contribution < -0.4 is 15.8 Å². The molecule has 0 bridgehead atoms. The van der Waals surface area contributed by atoms with Gasteiger partial charge in [-0.3, -0.25) is 4.79 Å². The van der Waals surface area contributed by atoms with Gasteiger partial charge in [0.1, 0.15) is 11.3 Å². The molecular weight excluding hydrogens is 284 g/mol. The van der Waals surface area contributed by atoms with Crippen molar-refractivity contribution in [2.24, 2.45) is 5.92 Å². The van der Waals surface area contributed by atoms with E-state index >= 15 is 0 Å². The fraction of sp³-hybridized carbons (Fsp3) is 0.312. The average Bonchev–Trinajstić information content (AvgIpc) is 2.97. The minimum atomic E-state index is -0.211. The summed E-state index contributed by atoms with van der Waals surface area (Å²) in [7, 11) is 1.53. The Hall–Kier alpha value is -2.01. The van der Waals surface area contributed by atoms with Gasteiger partial charge in [0, 0.05) is 10.6 Å². The molecule has 0 aliphatic carbocycles. The molecule has 0 aliphatic heterocycles. The number of anilines is 1. The highest BCUT2D eigenvalue weighted by Crippen LogP contribution is 2.29. The fourth-order valence-corrected chi connectivity index (χ4v) is 3.16. The van der Waals surface area contributed by atoms with Gasteiger partial charge in [-0.25, -0.2) is 0 Å². The van der Waals surface area contributed by atoms with Gasteiger partial charge in [-0.2, -0.15) is 0 Å². The van der Waals surface area contributed by atoms with Gasteiger partial charge in [0.2, 0.25) is 0 Å². The molecule has 2 rings (SSSR count). The molecule has 4 nitrogen and oxygen atoms in total. The molecule has 5 heteroatoms. The molecule has 0 radical (unpaired) electrons. The Bertz CT molecular complexity index is 609. The summed E-state index contributed by atoms with van der Waals surface area (Å²) in [5.41, 5.74) is 6.74. The second kappa shape index (κ2) is 6.63. The summed E-state index contributed by atoms with van der Waals surface area (Å²) in [4.78, 5) is 13.7. The maximum atomic E-state index is 12.6. The SMILES string of the molecule is COc1cccc(N)c1C(=O)NC(c1cccs1)C(C)C. The van der Waals surface area contributed by atoms with Crippen molar-refractivity contribution in [2.45, 2.75) is 19.9 Å². The normalized spacial score (nSPS) is 12.2. The standard InChI is InChI=1S/C16H20N2O2S/c1-10(2)15(13-8-5-9-21-13)18-16(19)14-11(17)6-4-7-12(14)20-3/h4-10,15H,17H2,1-3H3,(H,18,19). The molecular formula is C16H20N2O2S. The maximum Gasteiger partial charge on any atom is 0.257 e. The first-order valence-electron chi connectivity index (χ1n) is 6.81. The Morgan fingerprint density at radius 1 is 1.29 bits per heavy atom. The Morgan fingerprint density at radius 2 is 2.05 bits per heavy atom. The molecule has 1 atom stereocenters. The van der Waals surface area contributed by atoms with Crippen LogP contribution in [0.3, 0.4) is 0 Å². The lowest BCUT2D eigenvalue weighted by Gasteiger charge is -2.22. The number of methoxy groups -OCH3 is 1. The summed E-state index contributed by atoms with van der Waals surface area (Å²) in [6.07, 6.45) is 0. The molecule has 0 saturated heterocycles. The van der Waals surface area contributed by atoms with Crippen molar-refractivity contribution in [3.05, 3.63) is 46.2 Å². The van der Waals surface area contributed by atoms with Gasteiger partial charge in [0.05, 0.1) is 13.2 Å². The van der Waals surface area contributed by atoms with E-state index < -0.39 is 0 Å². The fourth-order valence-electron chi connectivity index (χ4n) is 2.21. The predicted octanol–water partition coefficient (Wildman–Crippen LogP) is 3.47. The summed E-state index contributed by atoms with van der Waals surface area (Å²) >= 11 is 1.63. The van der Waals surface area contributed by atoms with Gasteiger partial charge in [-0.15, -0.1) is 11.3 Å². The van der Waals surface area contributed by atoms with Crippen LogP contribution in [0, 0.1) is 5.92 Å². The van der Waals surface area contributed by atoms with Crippen molar-refractivity contribution < 1.29 is 9.53 Å². The highest BCUT2D eigenvalue weighted by Gasteiger charge is 2.23. The van der Waals surface area contributed by atoms with Crippen molar-refractivity contribution in [1.29, 1.82) is 0 Å². The van der Waals surface area contributed by atoms with E-state index in [-0.39, 0.29) is 17.9 Å². The van der Waals surface area contributed by atoms with Crippen LogP contribution in [-0.4, -0.2) is 13.0 Å². The van der Waals surface area contributed by atoms with Crippen molar-refractivity contribution >= 4 is 22.9 Å². The van der Waals surface area contributed by atoms with Crippen molar-refractivity contribution in [1.82, 2.24) is 5.32 Å². The van der Waals surface area contributed by atoms with Crippen molar-refractivity contribution in [2.75, 3.05) is 12.8 Å². The number of nitrogens with one attached hydrogen (secondary N) is 1. The smallest absolute Gasteiger partial charge is 0.257 e. The average molecular weight is 304 g/mol. The van der Waals surface area contributed by atoms with E-state index in [1.54, 1.807) is 29.5 Å². The molecule has 3 N–H and O–H groups in total. The van der Waals surface area contributed by atoms with Gasteiger partial charge < -0.3 is 15.8 Å². The summed E-state index contributed by atoms with van der Waals surface area (Å²) in [6.45, 7) is 4.16. The first-order chi connectivity index (χ1) is 10.0. The summed E-state index contributed by atoms with van der Waals surface area (Å²) in [5.74, 6) is 0.557. The Labute approximate surface area is 128 Å². The van der Waals surface area contributed by atoms with Gasteiger partial charge in [-0.05, 0) is 29.5 Å². The van der Waals surface area contributed by atoms with E-state index in [9.17, 15) is 4.79 Å². The number of carbonyl (C=O) groups is 1. The quantitative estimate of drug-likeness (QED) is 0.831. The van der Waals surface area contributed by atoms with Crippen LogP contribution in [0.1, 0.15) is 35.1 Å². The molecule has 0 fully saturated rings. The zero-order valence-corrected chi connectivity index (χ0v) is 13.2. The molecule has 21 heavy (non-hydrogen) atoms. The number of amides is 1. The number of nitrogens with two attached hydrogens (primary N) is 1. The van der Waals surface area contributed by atoms with Crippen LogP contribution in [0.5, 0.6) is 5.75 Å². The lowest BCUT2D eigenvalue weighted by molar-refractivity contribution is 0.0924. The van der Waals surface area contributed by atoms with Crippen molar-refractivity contribution in [3.8, 4) is 5.75 Å². The third kappa shape index (κ3) is 3.36. The predicted molar refractivity (Wildman–Crippen MR) is 86.8 cm³/mol. The number of rotatable bonds is 5. The zero-order valence-electron chi connectivity index (χ0n) is 12.4. The third-order valence-electron chi connectivity index (χ3n) is 3.31. The van der Waals surface area contributed by atoms with Gasteiger partial charge in [0.15, 0.2) is 0 Å². The Morgan fingerprint density at radius 3 is 2.62 bits per heavy atom. The maximum absolute atomic E-state index is 12.6. The molecule has 112 valence electrons. The van der Waals surface area contributed by atoms with Crippen LogP contribution in [0.25, 0.3) is 0 Å². The minimum absolute atomic E-state index is 0.0400. The monoisotopic (exact) mass is 304 g/mol. The highest BCUT2D eigenvalue weighted by atomic mass is 32.1. The van der Waals surface area contributed by atoms with Crippen LogP contribution in [0.2, 0.25) is 0 Å². The summed E-state index contributed by atoms with van der Waals surface area (Å²) in [6, 6.07) is 9.18. The Kier molecular flexibility index (Phi) is 4.85. The Balaban J connectivity index is 2.28. The van der Waals surface area contributed by atoms with Crippen LogP contribution in [0.15, 0.2) is 35.7 Å². The largest absolute Gasteiger partial charge is 0.496 e. The van der Waals surface area contributed by atoms with E-state index in [0.29, 0.717) is 17.0 Å². The number of carbonyl (C=O) groups excluding carboxylic acids is 1. The zero-order chi connectivity index (χ0) is 15.4. The molecule has 0 spiro atoms. The molecule has 1 heterocycles. The third-order valence-corrected chi connectivity index (χ3v) is 4.26. The number of benzene rings is 1. The topological polar surface area (TPSA) is 64.3 Å². The van der Waals surface area contributed by atoms with Gasteiger partial charge in [0.25, 0.3) is 5.91 Å². The van der Waals surface area contributed by atoms with Crippen LogP contribution in [-0.2, 0) is 0 Å². The lowest BCUT2D eigenvalue weighted by Crippen LogP contribution is -2.32. The lowest BCUT2D eigenvalue weighted by atomic mass is 10.0. The minimum Gasteiger partial charge on any atom is -0.496 e. The molecule has 2 aromatic rings. The van der Waals surface area contributed by atoms with Crippen LogP contribution in [0.4, 0.5) is 5.69 Å². The second-order valence-corrected chi connectivity index (χ2v) is 6.11. The van der Waals surface area contributed by atoms with Gasteiger partial charge >= 0.3 is 0 Å².